The second-order valence-electron chi connectivity index (χ2n) is 3.13. The average molecular weight is 182 g/mol. The Labute approximate surface area is 77.2 Å². The monoisotopic (exact) mass is 182 g/mol. The number of aryl methyl sites for hydroxylation is 2. The molecular weight excluding hydrogens is 168 g/mol. The summed E-state index contributed by atoms with van der Waals surface area (Å²) in [4.78, 5) is 10.8. The predicted octanol–water partition coefficient (Wildman–Crippen LogP) is 1.31. The summed E-state index contributed by atoms with van der Waals surface area (Å²) in [6, 6.07) is 1.82. The quantitative estimate of drug-likeness (QED) is 0.766. The fourth-order valence-corrected chi connectivity index (χ4v) is 1.27. The van der Waals surface area contributed by atoms with Crippen LogP contribution in [0, 0.1) is 6.92 Å². The van der Waals surface area contributed by atoms with Crippen LogP contribution in [0.4, 0.5) is 0 Å². The number of carbonyl (C=O) groups is 1. The normalized spacial score (nSPS) is 12.8. The van der Waals surface area contributed by atoms with Gasteiger partial charge in [-0.3, -0.25) is 9.48 Å². The van der Waals surface area contributed by atoms with Crippen LogP contribution in [0.1, 0.15) is 30.7 Å². The van der Waals surface area contributed by atoms with Crippen molar-refractivity contribution in [3.05, 3.63) is 17.5 Å². The van der Waals surface area contributed by atoms with Crippen molar-refractivity contribution in [2.75, 3.05) is 0 Å². The van der Waals surface area contributed by atoms with Crippen molar-refractivity contribution in [2.45, 2.75) is 26.2 Å². The van der Waals surface area contributed by atoms with Crippen molar-refractivity contribution in [2.24, 2.45) is 7.05 Å². The van der Waals surface area contributed by atoms with Gasteiger partial charge in [0.25, 0.3) is 0 Å². The summed E-state index contributed by atoms with van der Waals surface area (Å²) < 4.78 is 1.70. The van der Waals surface area contributed by atoms with Gasteiger partial charge in [0, 0.05) is 12.7 Å². The minimum Gasteiger partial charge on any atom is -0.481 e. The molecule has 1 aromatic heterocycles. The second-order valence-corrected chi connectivity index (χ2v) is 3.13. The standard InChI is InChI=1S/C9H14N2O2/c1-4-7(9(12)13)8-5-6(2)11(3)10-8/h5,7H,4H2,1-3H3,(H,12,13). The Hall–Kier alpha value is -1.32. The molecule has 1 rings (SSSR count). The van der Waals surface area contributed by atoms with Gasteiger partial charge in [0.15, 0.2) is 0 Å². The number of aliphatic carboxylic acids is 1. The first-order valence-corrected chi connectivity index (χ1v) is 4.29. The highest BCUT2D eigenvalue weighted by atomic mass is 16.4. The Morgan fingerprint density at radius 1 is 1.77 bits per heavy atom. The van der Waals surface area contributed by atoms with Crippen LogP contribution in [0.2, 0.25) is 0 Å². The fourth-order valence-electron chi connectivity index (χ4n) is 1.27. The van der Waals surface area contributed by atoms with Gasteiger partial charge >= 0.3 is 5.97 Å². The van der Waals surface area contributed by atoms with Crippen LogP contribution < -0.4 is 0 Å². The smallest absolute Gasteiger partial charge is 0.312 e. The molecule has 4 heteroatoms. The Balaban J connectivity index is 2.98. The molecule has 0 saturated carbocycles. The van der Waals surface area contributed by atoms with Gasteiger partial charge in [0.1, 0.15) is 5.92 Å². The summed E-state index contributed by atoms with van der Waals surface area (Å²) >= 11 is 0. The number of hydrogen-bond donors (Lipinski definition) is 1. The maximum Gasteiger partial charge on any atom is 0.312 e. The molecule has 1 aromatic rings. The van der Waals surface area contributed by atoms with Gasteiger partial charge in [0.05, 0.1) is 5.69 Å². The molecule has 0 radical (unpaired) electrons. The van der Waals surface area contributed by atoms with E-state index < -0.39 is 11.9 Å². The largest absolute Gasteiger partial charge is 0.481 e. The molecule has 0 aliphatic heterocycles. The van der Waals surface area contributed by atoms with E-state index in [1.807, 2.05) is 27.0 Å². The minimum absolute atomic E-state index is 0.472. The van der Waals surface area contributed by atoms with E-state index in [9.17, 15) is 4.79 Å². The summed E-state index contributed by atoms with van der Waals surface area (Å²) in [7, 11) is 1.81. The number of aromatic nitrogens is 2. The molecule has 1 N–H and O–H groups in total. The molecule has 0 aromatic carbocycles. The van der Waals surface area contributed by atoms with Crippen LogP contribution in [0.5, 0.6) is 0 Å². The Kier molecular flexibility index (Phi) is 2.70. The molecule has 0 aliphatic carbocycles. The third kappa shape index (κ3) is 1.88. The highest BCUT2D eigenvalue weighted by Crippen LogP contribution is 2.18. The number of carboxylic acids is 1. The molecule has 72 valence electrons. The van der Waals surface area contributed by atoms with E-state index in [-0.39, 0.29) is 0 Å². The number of rotatable bonds is 3. The zero-order chi connectivity index (χ0) is 10.0. The van der Waals surface area contributed by atoms with Crippen LogP contribution in [0.25, 0.3) is 0 Å². The molecule has 1 unspecified atom stereocenters. The lowest BCUT2D eigenvalue weighted by atomic mass is 10.0. The van der Waals surface area contributed by atoms with Gasteiger partial charge in [-0.25, -0.2) is 0 Å². The summed E-state index contributed by atoms with van der Waals surface area (Å²) in [6.45, 7) is 3.76. The van der Waals surface area contributed by atoms with Gasteiger partial charge in [-0.15, -0.1) is 0 Å². The van der Waals surface area contributed by atoms with Crippen molar-refractivity contribution < 1.29 is 9.90 Å². The molecule has 0 aliphatic rings. The Morgan fingerprint density at radius 2 is 2.38 bits per heavy atom. The molecule has 0 amide bonds. The molecule has 13 heavy (non-hydrogen) atoms. The third-order valence-corrected chi connectivity index (χ3v) is 2.20. The van der Waals surface area contributed by atoms with Crippen LogP contribution in [0.3, 0.4) is 0 Å². The van der Waals surface area contributed by atoms with E-state index in [1.54, 1.807) is 4.68 Å². The lowest BCUT2D eigenvalue weighted by molar-refractivity contribution is -0.138. The first-order valence-electron chi connectivity index (χ1n) is 4.29. The molecule has 1 heterocycles. The molecule has 0 fully saturated rings. The summed E-state index contributed by atoms with van der Waals surface area (Å²) in [5.74, 6) is -1.28. The highest BCUT2D eigenvalue weighted by Gasteiger charge is 2.20. The van der Waals surface area contributed by atoms with Gasteiger partial charge in [0.2, 0.25) is 0 Å². The van der Waals surface area contributed by atoms with Crippen molar-refractivity contribution in [3.8, 4) is 0 Å². The SMILES string of the molecule is CCC(C(=O)O)c1cc(C)n(C)n1. The van der Waals surface area contributed by atoms with E-state index in [0.29, 0.717) is 12.1 Å². The van der Waals surface area contributed by atoms with Crippen molar-refractivity contribution in [1.29, 1.82) is 0 Å². The Morgan fingerprint density at radius 3 is 2.69 bits per heavy atom. The number of hydrogen-bond acceptors (Lipinski definition) is 2. The van der Waals surface area contributed by atoms with Gasteiger partial charge in [-0.1, -0.05) is 6.92 Å². The zero-order valence-electron chi connectivity index (χ0n) is 8.11. The van der Waals surface area contributed by atoms with E-state index in [2.05, 4.69) is 5.10 Å². The molecule has 0 bridgehead atoms. The number of nitrogens with zero attached hydrogens (tertiary/aromatic N) is 2. The average Bonchev–Trinajstić information content (AvgIpc) is 2.32. The summed E-state index contributed by atoms with van der Waals surface area (Å²) in [6.07, 6.45) is 0.575. The van der Waals surface area contributed by atoms with Crippen LogP contribution in [0.15, 0.2) is 6.07 Å². The van der Waals surface area contributed by atoms with E-state index >= 15 is 0 Å². The Bertz CT molecular complexity index is 298. The second kappa shape index (κ2) is 3.60. The lowest BCUT2D eigenvalue weighted by Gasteiger charge is -2.04. The van der Waals surface area contributed by atoms with Crippen molar-refractivity contribution >= 4 is 5.97 Å². The van der Waals surface area contributed by atoms with Gasteiger partial charge in [-0.05, 0) is 19.4 Å². The predicted molar refractivity (Wildman–Crippen MR) is 48.6 cm³/mol. The van der Waals surface area contributed by atoms with Crippen molar-refractivity contribution in [3.63, 3.8) is 0 Å². The zero-order valence-corrected chi connectivity index (χ0v) is 8.11. The lowest BCUT2D eigenvalue weighted by Crippen LogP contribution is -2.11. The molecule has 1 atom stereocenters. The van der Waals surface area contributed by atoms with E-state index in [1.165, 1.54) is 0 Å². The molecular formula is C9H14N2O2. The van der Waals surface area contributed by atoms with Crippen LogP contribution >= 0.6 is 0 Å². The van der Waals surface area contributed by atoms with Crippen LogP contribution in [-0.4, -0.2) is 20.9 Å². The number of carboxylic acid groups (broad SMARTS) is 1. The van der Waals surface area contributed by atoms with E-state index in [0.717, 1.165) is 5.69 Å². The summed E-state index contributed by atoms with van der Waals surface area (Å²) in [5.41, 5.74) is 1.63. The topological polar surface area (TPSA) is 55.1 Å². The maximum atomic E-state index is 10.8. The van der Waals surface area contributed by atoms with E-state index in [4.69, 9.17) is 5.11 Å². The third-order valence-electron chi connectivity index (χ3n) is 2.20. The first-order chi connectivity index (χ1) is 6.06. The minimum atomic E-state index is -0.805. The maximum absolute atomic E-state index is 10.8. The molecule has 4 nitrogen and oxygen atoms in total. The summed E-state index contributed by atoms with van der Waals surface area (Å²) in [5, 5.41) is 13.0. The van der Waals surface area contributed by atoms with Gasteiger partial charge < -0.3 is 5.11 Å². The molecule has 0 spiro atoms. The van der Waals surface area contributed by atoms with Crippen molar-refractivity contribution in [1.82, 2.24) is 9.78 Å². The van der Waals surface area contributed by atoms with Crippen LogP contribution in [-0.2, 0) is 11.8 Å². The molecule has 0 saturated heterocycles. The first kappa shape index (κ1) is 9.77. The van der Waals surface area contributed by atoms with Gasteiger partial charge in [-0.2, -0.15) is 5.10 Å². The fraction of sp³-hybridized carbons (Fsp3) is 0.556. The highest BCUT2D eigenvalue weighted by molar-refractivity contribution is 5.75.